The fraction of sp³-hybridized carbons (Fsp3) is 0.353. The van der Waals surface area contributed by atoms with Gasteiger partial charge in [0.2, 0.25) is 0 Å². The minimum absolute atomic E-state index is 0.00726. The molecule has 2 aromatic rings. The standard InChI is InChI=1S/C17H21N3O3/c1-5-12(3)18-17(22)16-14(23-4)10-15(21)20(19-16)13-9-7-6-8-11(13)2/h6-10,12H,5H2,1-4H3,(H,18,22)/t12-/m0/s1. The second-order valence-electron chi connectivity index (χ2n) is 5.38. The van der Waals surface area contributed by atoms with Crippen LogP contribution in [0.5, 0.6) is 5.75 Å². The van der Waals surface area contributed by atoms with Crippen LogP contribution < -0.4 is 15.6 Å². The third-order valence-electron chi connectivity index (χ3n) is 3.67. The number of para-hydroxylation sites is 1. The minimum atomic E-state index is -0.362. The SMILES string of the molecule is CC[C@H](C)NC(=O)c1nn(-c2ccccc2C)c(=O)cc1OC. The summed E-state index contributed by atoms with van der Waals surface area (Å²) in [5.74, 6) is -0.195. The molecule has 1 aromatic carbocycles. The molecule has 1 heterocycles. The van der Waals surface area contributed by atoms with Crippen LogP contribution in [0.4, 0.5) is 0 Å². The lowest BCUT2D eigenvalue weighted by atomic mass is 10.2. The molecule has 1 amide bonds. The number of nitrogens with one attached hydrogen (secondary N) is 1. The molecule has 0 radical (unpaired) electrons. The quantitative estimate of drug-likeness (QED) is 0.917. The van der Waals surface area contributed by atoms with E-state index >= 15 is 0 Å². The Kier molecular flexibility index (Phi) is 5.16. The van der Waals surface area contributed by atoms with Crippen LogP contribution in [0.3, 0.4) is 0 Å². The molecule has 0 aliphatic rings. The van der Waals surface area contributed by atoms with Gasteiger partial charge in [-0.25, -0.2) is 0 Å². The van der Waals surface area contributed by atoms with Crippen LogP contribution in [-0.4, -0.2) is 28.8 Å². The number of hydrogen-bond donors (Lipinski definition) is 1. The van der Waals surface area contributed by atoms with Gasteiger partial charge in [0.25, 0.3) is 11.5 Å². The third kappa shape index (κ3) is 3.59. The zero-order valence-electron chi connectivity index (χ0n) is 13.8. The minimum Gasteiger partial charge on any atom is -0.494 e. The summed E-state index contributed by atoms with van der Waals surface area (Å²) >= 11 is 0. The van der Waals surface area contributed by atoms with Crippen molar-refractivity contribution in [1.29, 1.82) is 0 Å². The Labute approximate surface area is 135 Å². The molecule has 1 N–H and O–H groups in total. The molecule has 6 nitrogen and oxygen atoms in total. The third-order valence-corrected chi connectivity index (χ3v) is 3.67. The van der Waals surface area contributed by atoms with Crippen LogP contribution in [-0.2, 0) is 0 Å². The summed E-state index contributed by atoms with van der Waals surface area (Å²) in [5.41, 5.74) is 1.27. The lowest BCUT2D eigenvalue weighted by molar-refractivity contribution is 0.0928. The van der Waals surface area contributed by atoms with Crippen molar-refractivity contribution in [3.8, 4) is 11.4 Å². The molecular formula is C17H21N3O3. The number of methoxy groups -OCH3 is 1. The van der Waals surface area contributed by atoms with Crippen molar-refractivity contribution in [3.05, 3.63) is 51.9 Å². The molecule has 6 heteroatoms. The van der Waals surface area contributed by atoms with Crippen LogP contribution >= 0.6 is 0 Å². The first-order valence-electron chi connectivity index (χ1n) is 7.53. The molecule has 0 unspecified atom stereocenters. The van der Waals surface area contributed by atoms with Crippen LogP contribution in [0.1, 0.15) is 36.3 Å². The highest BCUT2D eigenvalue weighted by Gasteiger charge is 2.19. The molecule has 0 bridgehead atoms. The van der Waals surface area contributed by atoms with Gasteiger partial charge in [0.15, 0.2) is 11.4 Å². The van der Waals surface area contributed by atoms with E-state index < -0.39 is 0 Å². The molecule has 23 heavy (non-hydrogen) atoms. The topological polar surface area (TPSA) is 73.2 Å². The van der Waals surface area contributed by atoms with E-state index in [1.807, 2.05) is 39.0 Å². The number of amides is 1. The molecule has 0 fully saturated rings. The van der Waals surface area contributed by atoms with Crippen LogP contribution in [0.2, 0.25) is 0 Å². The predicted octanol–water partition coefficient (Wildman–Crippen LogP) is 2.08. The van der Waals surface area contributed by atoms with E-state index in [-0.39, 0.29) is 29.0 Å². The Balaban J connectivity index is 2.55. The number of hydrogen-bond acceptors (Lipinski definition) is 4. The van der Waals surface area contributed by atoms with E-state index in [4.69, 9.17) is 4.74 Å². The first kappa shape index (κ1) is 16.7. The Morgan fingerprint density at radius 3 is 2.70 bits per heavy atom. The largest absolute Gasteiger partial charge is 0.494 e. The Bertz CT molecular complexity index is 768. The number of aromatic nitrogens is 2. The molecule has 1 aromatic heterocycles. The van der Waals surface area contributed by atoms with Crippen molar-refractivity contribution in [2.75, 3.05) is 7.11 Å². The van der Waals surface area contributed by atoms with E-state index in [2.05, 4.69) is 10.4 Å². The van der Waals surface area contributed by atoms with Gasteiger partial charge in [0, 0.05) is 6.04 Å². The predicted molar refractivity (Wildman–Crippen MR) is 88.3 cm³/mol. The normalized spacial score (nSPS) is 11.8. The number of nitrogens with zero attached hydrogens (tertiary/aromatic N) is 2. The Morgan fingerprint density at radius 2 is 2.09 bits per heavy atom. The first-order chi connectivity index (χ1) is 11.0. The number of benzene rings is 1. The summed E-state index contributed by atoms with van der Waals surface area (Å²) in [6.07, 6.45) is 0.797. The monoisotopic (exact) mass is 315 g/mol. The lowest BCUT2D eigenvalue weighted by Gasteiger charge is -2.15. The highest BCUT2D eigenvalue weighted by molar-refractivity contribution is 5.94. The summed E-state index contributed by atoms with van der Waals surface area (Å²) in [7, 11) is 1.41. The lowest BCUT2D eigenvalue weighted by Crippen LogP contribution is -2.35. The maximum absolute atomic E-state index is 12.4. The fourth-order valence-corrected chi connectivity index (χ4v) is 2.12. The zero-order valence-corrected chi connectivity index (χ0v) is 13.8. The molecule has 2 rings (SSSR count). The molecule has 122 valence electrons. The summed E-state index contributed by atoms with van der Waals surface area (Å²) in [6.45, 7) is 5.76. The second kappa shape index (κ2) is 7.09. The number of carbonyl (C=O) groups excluding carboxylic acids is 1. The van der Waals surface area contributed by atoms with Gasteiger partial charge in [-0.2, -0.15) is 9.78 Å². The van der Waals surface area contributed by atoms with E-state index in [1.165, 1.54) is 17.9 Å². The summed E-state index contributed by atoms with van der Waals surface area (Å²) < 4.78 is 6.37. The van der Waals surface area contributed by atoms with Crippen LogP contribution in [0.25, 0.3) is 5.69 Å². The molecule has 0 saturated heterocycles. The van der Waals surface area contributed by atoms with Gasteiger partial charge in [0.1, 0.15) is 0 Å². The second-order valence-corrected chi connectivity index (χ2v) is 5.38. The molecule has 1 atom stereocenters. The summed E-state index contributed by atoms with van der Waals surface area (Å²) in [6, 6.07) is 8.65. The zero-order chi connectivity index (χ0) is 17.0. The van der Waals surface area contributed by atoms with Gasteiger partial charge in [-0.05, 0) is 31.9 Å². The smallest absolute Gasteiger partial charge is 0.275 e. The van der Waals surface area contributed by atoms with Crippen molar-refractivity contribution < 1.29 is 9.53 Å². The fourth-order valence-electron chi connectivity index (χ4n) is 2.12. The average Bonchev–Trinajstić information content (AvgIpc) is 2.55. The van der Waals surface area contributed by atoms with Gasteiger partial charge in [-0.1, -0.05) is 25.1 Å². The van der Waals surface area contributed by atoms with Crippen molar-refractivity contribution >= 4 is 5.91 Å². The number of aryl methyl sites for hydroxylation is 1. The highest BCUT2D eigenvalue weighted by Crippen LogP contribution is 2.16. The van der Waals surface area contributed by atoms with E-state index in [0.29, 0.717) is 5.69 Å². The molecule has 0 aliphatic heterocycles. The summed E-state index contributed by atoms with van der Waals surface area (Å²) in [4.78, 5) is 24.7. The maximum atomic E-state index is 12.4. The number of carbonyl (C=O) groups is 1. The Morgan fingerprint density at radius 1 is 1.39 bits per heavy atom. The molecule has 0 aliphatic carbocycles. The van der Waals surface area contributed by atoms with Gasteiger partial charge >= 0.3 is 0 Å². The van der Waals surface area contributed by atoms with Gasteiger partial charge in [-0.3, -0.25) is 9.59 Å². The first-order valence-corrected chi connectivity index (χ1v) is 7.53. The van der Waals surface area contributed by atoms with E-state index in [9.17, 15) is 9.59 Å². The van der Waals surface area contributed by atoms with Crippen molar-refractivity contribution in [2.45, 2.75) is 33.2 Å². The van der Waals surface area contributed by atoms with Crippen molar-refractivity contribution in [1.82, 2.24) is 15.1 Å². The van der Waals surface area contributed by atoms with Gasteiger partial charge in [0.05, 0.1) is 18.9 Å². The highest BCUT2D eigenvalue weighted by atomic mass is 16.5. The van der Waals surface area contributed by atoms with E-state index in [0.717, 1.165) is 12.0 Å². The van der Waals surface area contributed by atoms with Crippen LogP contribution in [0, 0.1) is 6.92 Å². The molecule has 0 saturated carbocycles. The summed E-state index contributed by atoms with van der Waals surface area (Å²) in [5, 5.41) is 7.07. The van der Waals surface area contributed by atoms with Gasteiger partial charge in [-0.15, -0.1) is 0 Å². The van der Waals surface area contributed by atoms with Crippen molar-refractivity contribution in [3.63, 3.8) is 0 Å². The van der Waals surface area contributed by atoms with Crippen molar-refractivity contribution in [2.24, 2.45) is 0 Å². The molecule has 0 spiro atoms. The van der Waals surface area contributed by atoms with E-state index in [1.54, 1.807) is 6.07 Å². The van der Waals surface area contributed by atoms with Crippen LogP contribution in [0.15, 0.2) is 35.1 Å². The maximum Gasteiger partial charge on any atom is 0.275 e. The average molecular weight is 315 g/mol. The molecular weight excluding hydrogens is 294 g/mol. The Hall–Kier alpha value is -2.63. The number of rotatable bonds is 5. The number of ether oxygens (including phenoxy) is 1. The van der Waals surface area contributed by atoms with Gasteiger partial charge < -0.3 is 10.1 Å².